The number of rotatable bonds is 3. The summed E-state index contributed by atoms with van der Waals surface area (Å²) in [6.07, 6.45) is 1.96. The molecule has 0 unspecified atom stereocenters. The minimum absolute atomic E-state index is 0.0264. The number of ether oxygens (including phenoxy) is 1. The molecule has 0 aliphatic carbocycles. The molecular formula is C18H28ClN3O. The molecule has 1 aromatic carbocycles. The fraction of sp³-hybridized carbons (Fsp3) is 0.611. The van der Waals surface area contributed by atoms with Gasteiger partial charge in [0.25, 0.3) is 0 Å². The SMILES string of the molecule is CN=C(NCC1(c2cccc(Cl)c2)CCOCC1)NC(C)(C)C. The van der Waals surface area contributed by atoms with Gasteiger partial charge in [-0.1, -0.05) is 23.7 Å². The van der Waals surface area contributed by atoms with Crippen molar-refractivity contribution >= 4 is 17.6 Å². The highest BCUT2D eigenvalue weighted by atomic mass is 35.5. The van der Waals surface area contributed by atoms with Crippen LogP contribution in [-0.4, -0.2) is 38.3 Å². The van der Waals surface area contributed by atoms with Crippen molar-refractivity contribution in [2.45, 2.75) is 44.6 Å². The Hall–Kier alpha value is -1.26. The number of benzene rings is 1. The van der Waals surface area contributed by atoms with Gasteiger partial charge in [-0.05, 0) is 51.3 Å². The van der Waals surface area contributed by atoms with Gasteiger partial charge in [0.15, 0.2) is 5.96 Å². The average Bonchev–Trinajstić information content (AvgIpc) is 2.51. The summed E-state index contributed by atoms with van der Waals surface area (Å²) >= 11 is 6.22. The van der Waals surface area contributed by atoms with Crippen molar-refractivity contribution in [2.75, 3.05) is 26.8 Å². The number of guanidine groups is 1. The van der Waals surface area contributed by atoms with Crippen LogP contribution in [-0.2, 0) is 10.2 Å². The molecule has 2 N–H and O–H groups in total. The Kier molecular flexibility index (Phi) is 5.93. The molecule has 1 fully saturated rings. The van der Waals surface area contributed by atoms with E-state index in [0.29, 0.717) is 0 Å². The van der Waals surface area contributed by atoms with Gasteiger partial charge >= 0.3 is 0 Å². The van der Waals surface area contributed by atoms with Gasteiger partial charge in [0.1, 0.15) is 0 Å². The zero-order chi connectivity index (χ0) is 16.9. The predicted octanol–water partition coefficient (Wildman–Crippen LogP) is 3.35. The van der Waals surface area contributed by atoms with Gasteiger partial charge in [0, 0.05) is 42.8 Å². The van der Waals surface area contributed by atoms with Crippen LogP contribution in [0.25, 0.3) is 0 Å². The van der Waals surface area contributed by atoms with Crippen molar-refractivity contribution in [3.63, 3.8) is 0 Å². The van der Waals surface area contributed by atoms with E-state index in [1.54, 1.807) is 7.05 Å². The molecule has 0 saturated carbocycles. The third kappa shape index (κ3) is 5.11. The van der Waals surface area contributed by atoms with E-state index in [9.17, 15) is 0 Å². The molecule has 128 valence electrons. The summed E-state index contributed by atoms with van der Waals surface area (Å²) in [5, 5.41) is 7.68. The Labute approximate surface area is 144 Å². The van der Waals surface area contributed by atoms with E-state index < -0.39 is 0 Å². The zero-order valence-electron chi connectivity index (χ0n) is 14.6. The molecule has 0 amide bonds. The lowest BCUT2D eigenvalue weighted by Gasteiger charge is -2.39. The molecule has 2 rings (SSSR count). The summed E-state index contributed by atoms with van der Waals surface area (Å²) in [5.74, 6) is 0.824. The molecule has 0 spiro atoms. The summed E-state index contributed by atoms with van der Waals surface area (Å²) in [5.41, 5.74) is 1.27. The van der Waals surface area contributed by atoms with Crippen LogP contribution in [0.4, 0.5) is 0 Å². The molecule has 0 bridgehead atoms. The van der Waals surface area contributed by atoms with Crippen LogP contribution in [0, 0.1) is 0 Å². The summed E-state index contributed by atoms with van der Waals surface area (Å²) in [6, 6.07) is 8.19. The third-order valence-electron chi connectivity index (χ3n) is 4.20. The van der Waals surface area contributed by atoms with E-state index in [1.807, 2.05) is 12.1 Å². The van der Waals surface area contributed by atoms with Crippen molar-refractivity contribution in [1.82, 2.24) is 10.6 Å². The standard InChI is InChI=1S/C18H28ClN3O/c1-17(2,3)22-16(20-4)21-13-18(8-10-23-11-9-18)14-6-5-7-15(19)12-14/h5-7,12H,8-11,13H2,1-4H3,(H2,20,21,22). The largest absolute Gasteiger partial charge is 0.381 e. The second-order valence-electron chi connectivity index (χ2n) is 7.20. The van der Waals surface area contributed by atoms with Gasteiger partial charge in [-0.15, -0.1) is 0 Å². The molecule has 5 heteroatoms. The molecule has 0 radical (unpaired) electrons. The Morgan fingerprint density at radius 1 is 1.30 bits per heavy atom. The smallest absolute Gasteiger partial charge is 0.191 e. The monoisotopic (exact) mass is 337 g/mol. The Morgan fingerprint density at radius 2 is 2.00 bits per heavy atom. The zero-order valence-corrected chi connectivity index (χ0v) is 15.3. The molecule has 1 saturated heterocycles. The topological polar surface area (TPSA) is 45.7 Å². The fourth-order valence-corrected chi connectivity index (χ4v) is 3.13. The molecule has 1 aliphatic heterocycles. The fourth-order valence-electron chi connectivity index (χ4n) is 2.94. The van der Waals surface area contributed by atoms with E-state index in [0.717, 1.165) is 43.6 Å². The van der Waals surface area contributed by atoms with Gasteiger partial charge < -0.3 is 15.4 Å². The lowest BCUT2D eigenvalue weighted by molar-refractivity contribution is 0.0513. The van der Waals surface area contributed by atoms with Crippen molar-refractivity contribution in [2.24, 2.45) is 4.99 Å². The lowest BCUT2D eigenvalue weighted by Crippen LogP contribution is -2.52. The Bertz CT molecular complexity index is 545. The summed E-state index contributed by atoms with van der Waals surface area (Å²) < 4.78 is 5.58. The van der Waals surface area contributed by atoms with Crippen LogP contribution in [0.15, 0.2) is 29.3 Å². The number of halogens is 1. The van der Waals surface area contributed by atoms with Crippen LogP contribution in [0.5, 0.6) is 0 Å². The highest BCUT2D eigenvalue weighted by Crippen LogP contribution is 2.35. The first-order valence-electron chi connectivity index (χ1n) is 8.17. The minimum atomic E-state index is -0.0270. The maximum atomic E-state index is 6.22. The molecule has 0 aromatic heterocycles. The highest BCUT2D eigenvalue weighted by Gasteiger charge is 2.35. The van der Waals surface area contributed by atoms with E-state index >= 15 is 0 Å². The van der Waals surface area contributed by atoms with Crippen molar-refractivity contribution in [3.05, 3.63) is 34.9 Å². The first-order chi connectivity index (χ1) is 10.8. The number of aliphatic imine (C=N–C) groups is 1. The quantitative estimate of drug-likeness (QED) is 0.656. The average molecular weight is 338 g/mol. The minimum Gasteiger partial charge on any atom is -0.381 e. The van der Waals surface area contributed by atoms with Crippen molar-refractivity contribution in [1.29, 1.82) is 0 Å². The van der Waals surface area contributed by atoms with Gasteiger partial charge in [0.05, 0.1) is 0 Å². The Morgan fingerprint density at radius 3 is 2.57 bits per heavy atom. The summed E-state index contributed by atoms with van der Waals surface area (Å²) in [4.78, 5) is 4.34. The molecule has 1 heterocycles. The lowest BCUT2D eigenvalue weighted by atomic mass is 9.74. The first-order valence-corrected chi connectivity index (χ1v) is 8.55. The summed E-state index contributed by atoms with van der Waals surface area (Å²) in [6.45, 7) is 8.74. The highest BCUT2D eigenvalue weighted by molar-refractivity contribution is 6.30. The first kappa shape index (κ1) is 18.1. The molecule has 1 aromatic rings. The number of nitrogens with zero attached hydrogens (tertiary/aromatic N) is 1. The van der Waals surface area contributed by atoms with E-state index in [1.165, 1.54) is 5.56 Å². The third-order valence-corrected chi connectivity index (χ3v) is 4.43. The van der Waals surface area contributed by atoms with Crippen molar-refractivity contribution in [3.8, 4) is 0 Å². The molecule has 4 nitrogen and oxygen atoms in total. The van der Waals surface area contributed by atoms with Gasteiger partial charge in [-0.2, -0.15) is 0 Å². The van der Waals surface area contributed by atoms with Crippen LogP contribution in [0.1, 0.15) is 39.2 Å². The van der Waals surface area contributed by atoms with E-state index in [-0.39, 0.29) is 11.0 Å². The number of hydrogen-bond donors (Lipinski definition) is 2. The van der Waals surface area contributed by atoms with Crippen LogP contribution in [0.2, 0.25) is 5.02 Å². The van der Waals surface area contributed by atoms with Crippen LogP contribution in [0.3, 0.4) is 0 Å². The maximum absolute atomic E-state index is 6.22. The second-order valence-corrected chi connectivity index (χ2v) is 7.64. The Balaban J connectivity index is 2.16. The molecule has 23 heavy (non-hydrogen) atoms. The number of hydrogen-bond acceptors (Lipinski definition) is 2. The molecule has 0 atom stereocenters. The normalized spacial score (nSPS) is 18.6. The van der Waals surface area contributed by atoms with Gasteiger partial charge in [0.2, 0.25) is 0 Å². The van der Waals surface area contributed by atoms with E-state index in [4.69, 9.17) is 16.3 Å². The maximum Gasteiger partial charge on any atom is 0.191 e. The van der Waals surface area contributed by atoms with Crippen molar-refractivity contribution < 1.29 is 4.74 Å². The van der Waals surface area contributed by atoms with Crippen LogP contribution < -0.4 is 10.6 Å². The predicted molar refractivity (Wildman–Crippen MR) is 97.4 cm³/mol. The summed E-state index contributed by atoms with van der Waals surface area (Å²) in [7, 11) is 1.80. The molecular weight excluding hydrogens is 310 g/mol. The second kappa shape index (κ2) is 7.54. The van der Waals surface area contributed by atoms with Gasteiger partial charge in [-0.25, -0.2) is 0 Å². The number of nitrogens with one attached hydrogen (secondary N) is 2. The molecule has 1 aliphatic rings. The van der Waals surface area contributed by atoms with Crippen LogP contribution >= 0.6 is 11.6 Å². The van der Waals surface area contributed by atoms with Gasteiger partial charge in [-0.3, -0.25) is 4.99 Å². The van der Waals surface area contributed by atoms with E-state index in [2.05, 4.69) is 48.5 Å².